The van der Waals surface area contributed by atoms with Gasteiger partial charge in [0, 0.05) is 18.7 Å². The summed E-state index contributed by atoms with van der Waals surface area (Å²) in [6.45, 7) is 8.37. The number of hydrogen-bond donors (Lipinski definition) is 1. The van der Waals surface area contributed by atoms with Crippen LogP contribution in [0.15, 0.2) is 18.2 Å². The van der Waals surface area contributed by atoms with Gasteiger partial charge in [-0.05, 0) is 56.0 Å². The molecule has 1 atom stereocenters. The fourth-order valence-electron chi connectivity index (χ4n) is 3.29. The quantitative estimate of drug-likeness (QED) is 0.894. The zero-order valence-electron chi connectivity index (χ0n) is 12.9. The zero-order chi connectivity index (χ0) is 14.5. The lowest BCUT2D eigenvalue weighted by molar-refractivity contribution is -0.114. The van der Waals surface area contributed by atoms with Crippen LogP contribution in [0.1, 0.15) is 44.7 Å². The number of fused-ring (bicyclic) bond motifs is 1. The largest absolute Gasteiger partial charge is 0.326 e. The van der Waals surface area contributed by atoms with Gasteiger partial charge >= 0.3 is 0 Å². The summed E-state index contributed by atoms with van der Waals surface area (Å²) in [5.74, 6) is 0.0155. The Morgan fingerprint density at radius 2 is 2.20 bits per heavy atom. The summed E-state index contributed by atoms with van der Waals surface area (Å²) in [7, 11) is 0. The van der Waals surface area contributed by atoms with Crippen LogP contribution in [0.3, 0.4) is 0 Å². The lowest BCUT2D eigenvalue weighted by atomic mass is 9.86. The molecular weight excluding hydrogens is 248 g/mol. The average molecular weight is 274 g/mol. The third-order valence-corrected chi connectivity index (χ3v) is 4.20. The topological polar surface area (TPSA) is 32.3 Å². The summed E-state index contributed by atoms with van der Waals surface area (Å²) in [6.07, 6.45) is 4.58. The molecule has 1 aliphatic carbocycles. The van der Waals surface area contributed by atoms with Gasteiger partial charge < -0.3 is 10.2 Å². The minimum absolute atomic E-state index is 0.0155. The van der Waals surface area contributed by atoms with Crippen LogP contribution < -0.4 is 5.32 Å². The van der Waals surface area contributed by atoms with Crippen molar-refractivity contribution >= 4 is 11.6 Å². The smallest absolute Gasteiger partial charge is 0.221 e. The highest BCUT2D eigenvalue weighted by Crippen LogP contribution is 2.30. The SMILES string of the molecule is CCCN(CC)C1CCc2c(cccc2NC(C)=O)C1. The number of nitrogens with zero attached hydrogens (tertiary/aromatic N) is 1. The van der Waals surface area contributed by atoms with E-state index in [1.807, 2.05) is 6.07 Å². The maximum atomic E-state index is 11.3. The van der Waals surface area contributed by atoms with E-state index in [1.54, 1.807) is 6.92 Å². The molecule has 20 heavy (non-hydrogen) atoms. The number of carbonyl (C=O) groups is 1. The minimum Gasteiger partial charge on any atom is -0.326 e. The maximum absolute atomic E-state index is 11.3. The van der Waals surface area contributed by atoms with Crippen molar-refractivity contribution in [2.75, 3.05) is 18.4 Å². The molecular formula is C17H26N2O. The monoisotopic (exact) mass is 274 g/mol. The summed E-state index contributed by atoms with van der Waals surface area (Å²) in [4.78, 5) is 13.9. The number of nitrogens with one attached hydrogen (secondary N) is 1. The number of amides is 1. The molecule has 0 saturated heterocycles. The predicted octanol–water partition coefficient (Wildman–Crippen LogP) is 3.23. The Morgan fingerprint density at radius 1 is 1.40 bits per heavy atom. The summed E-state index contributed by atoms with van der Waals surface area (Å²) < 4.78 is 0. The highest BCUT2D eigenvalue weighted by Gasteiger charge is 2.24. The van der Waals surface area contributed by atoms with Crippen molar-refractivity contribution in [1.29, 1.82) is 0 Å². The van der Waals surface area contributed by atoms with Crippen molar-refractivity contribution in [3.63, 3.8) is 0 Å². The van der Waals surface area contributed by atoms with Crippen LogP contribution in [0.25, 0.3) is 0 Å². The summed E-state index contributed by atoms with van der Waals surface area (Å²) in [5, 5.41) is 2.96. The van der Waals surface area contributed by atoms with E-state index in [4.69, 9.17) is 0 Å². The van der Waals surface area contributed by atoms with Gasteiger partial charge in [-0.25, -0.2) is 0 Å². The molecule has 0 saturated carbocycles. The van der Waals surface area contributed by atoms with E-state index >= 15 is 0 Å². The fraction of sp³-hybridized carbons (Fsp3) is 0.588. The molecule has 1 aliphatic rings. The Bertz CT molecular complexity index is 470. The van der Waals surface area contributed by atoms with E-state index < -0.39 is 0 Å². The molecule has 1 unspecified atom stereocenters. The maximum Gasteiger partial charge on any atom is 0.221 e. The van der Waals surface area contributed by atoms with Gasteiger partial charge in [-0.2, -0.15) is 0 Å². The Labute approximate surface area is 122 Å². The molecule has 0 bridgehead atoms. The summed E-state index contributed by atoms with van der Waals surface area (Å²) in [6, 6.07) is 6.94. The van der Waals surface area contributed by atoms with E-state index in [2.05, 4.69) is 36.2 Å². The molecule has 2 rings (SSSR count). The molecule has 110 valence electrons. The summed E-state index contributed by atoms with van der Waals surface area (Å²) >= 11 is 0. The van der Waals surface area contributed by atoms with Gasteiger partial charge in [-0.3, -0.25) is 4.79 Å². The van der Waals surface area contributed by atoms with E-state index in [1.165, 1.54) is 30.5 Å². The molecule has 0 heterocycles. The number of anilines is 1. The van der Waals surface area contributed by atoms with Crippen LogP contribution >= 0.6 is 0 Å². The second-order valence-corrected chi connectivity index (χ2v) is 5.65. The fourth-order valence-corrected chi connectivity index (χ4v) is 3.29. The molecule has 1 aromatic rings. The minimum atomic E-state index is 0.0155. The van der Waals surface area contributed by atoms with E-state index in [9.17, 15) is 4.79 Å². The van der Waals surface area contributed by atoms with Crippen molar-refractivity contribution in [3.05, 3.63) is 29.3 Å². The first-order chi connectivity index (χ1) is 9.65. The molecule has 0 radical (unpaired) electrons. The Balaban J connectivity index is 2.16. The first-order valence-corrected chi connectivity index (χ1v) is 7.78. The molecule has 3 heteroatoms. The molecule has 1 N–H and O–H groups in total. The normalized spacial score (nSPS) is 17.9. The van der Waals surface area contributed by atoms with Gasteiger partial charge in [0.15, 0.2) is 0 Å². The third kappa shape index (κ3) is 3.40. The van der Waals surface area contributed by atoms with E-state index in [-0.39, 0.29) is 5.91 Å². The predicted molar refractivity (Wildman–Crippen MR) is 84.1 cm³/mol. The molecule has 1 aromatic carbocycles. The van der Waals surface area contributed by atoms with Gasteiger partial charge in [0.05, 0.1) is 0 Å². The van der Waals surface area contributed by atoms with Crippen molar-refractivity contribution in [2.24, 2.45) is 0 Å². The zero-order valence-corrected chi connectivity index (χ0v) is 12.9. The first-order valence-electron chi connectivity index (χ1n) is 7.78. The highest BCUT2D eigenvalue weighted by atomic mass is 16.1. The van der Waals surface area contributed by atoms with Gasteiger partial charge in [0.1, 0.15) is 0 Å². The summed E-state index contributed by atoms with van der Waals surface area (Å²) in [5.41, 5.74) is 3.75. The van der Waals surface area contributed by atoms with Gasteiger partial charge in [0.25, 0.3) is 0 Å². The molecule has 0 aliphatic heterocycles. The number of carbonyl (C=O) groups excluding carboxylic acids is 1. The Hall–Kier alpha value is -1.35. The van der Waals surface area contributed by atoms with Crippen LogP contribution in [0, 0.1) is 0 Å². The van der Waals surface area contributed by atoms with E-state index in [0.29, 0.717) is 6.04 Å². The number of rotatable bonds is 5. The second kappa shape index (κ2) is 6.89. The number of likely N-dealkylation sites (N-methyl/N-ethyl adjacent to an activating group) is 1. The molecule has 1 amide bonds. The van der Waals surface area contributed by atoms with Crippen LogP contribution in [-0.4, -0.2) is 29.9 Å². The number of hydrogen-bond acceptors (Lipinski definition) is 2. The molecule has 3 nitrogen and oxygen atoms in total. The van der Waals surface area contributed by atoms with Gasteiger partial charge in [-0.15, -0.1) is 0 Å². The van der Waals surface area contributed by atoms with E-state index in [0.717, 1.165) is 25.1 Å². The molecule has 0 aromatic heterocycles. The van der Waals surface area contributed by atoms with Crippen LogP contribution in [-0.2, 0) is 17.6 Å². The van der Waals surface area contributed by atoms with Crippen LogP contribution in [0.2, 0.25) is 0 Å². The van der Waals surface area contributed by atoms with Crippen LogP contribution in [0.5, 0.6) is 0 Å². The Kier molecular flexibility index (Phi) is 5.18. The van der Waals surface area contributed by atoms with Gasteiger partial charge in [-0.1, -0.05) is 26.0 Å². The molecule has 0 fully saturated rings. The average Bonchev–Trinajstić information content (AvgIpc) is 2.44. The number of benzene rings is 1. The van der Waals surface area contributed by atoms with Crippen LogP contribution in [0.4, 0.5) is 5.69 Å². The second-order valence-electron chi connectivity index (χ2n) is 5.65. The molecule has 0 spiro atoms. The first kappa shape index (κ1) is 15.0. The third-order valence-electron chi connectivity index (χ3n) is 4.20. The Morgan fingerprint density at radius 3 is 2.85 bits per heavy atom. The highest BCUT2D eigenvalue weighted by molar-refractivity contribution is 5.89. The lowest BCUT2D eigenvalue weighted by Crippen LogP contribution is -2.39. The standard InChI is InChI=1S/C17H26N2O/c1-4-11-19(5-2)15-9-10-16-14(12-15)7-6-8-17(16)18-13(3)20/h6-8,15H,4-5,9-12H2,1-3H3,(H,18,20). The van der Waals surface area contributed by atoms with Crippen molar-refractivity contribution in [1.82, 2.24) is 4.90 Å². The van der Waals surface area contributed by atoms with Crippen molar-refractivity contribution < 1.29 is 4.79 Å². The van der Waals surface area contributed by atoms with Crippen molar-refractivity contribution in [3.8, 4) is 0 Å². The van der Waals surface area contributed by atoms with Crippen molar-refractivity contribution in [2.45, 2.75) is 52.5 Å². The van der Waals surface area contributed by atoms with Gasteiger partial charge in [0.2, 0.25) is 5.91 Å². The lowest BCUT2D eigenvalue weighted by Gasteiger charge is -2.35.